The average molecular weight is 231 g/mol. The van der Waals surface area contributed by atoms with Crippen LogP contribution in [0.5, 0.6) is 0 Å². The summed E-state index contributed by atoms with van der Waals surface area (Å²) in [5.74, 6) is 0.715. The molecule has 2 saturated carbocycles. The van der Waals surface area contributed by atoms with Gasteiger partial charge in [0, 0.05) is 5.54 Å². The maximum Gasteiger partial charge on any atom is 0.407 e. The molecule has 0 bridgehead atoms. The van der Waals surface area contributed by atoms with Crippen LogP contribution in [0.1, 0.15) is 31.2 Å². The highest BCUT2D eigenvalue weighted by Crippen LogP contribution is 2.55. The van der Waals surface area contributed by atoms with Gasteiger partial charge < -0.3 is 10.1 Å². The first-order valence-corrected chi connectivity index (χ1v) is 6.27. The maximum atomic E-state index is 11.7. The molecule has 1 aromatic rings. The minimum absolute atomic E-state index is 0.105. The Kier molecular flexibility index (Phi) is 2.54. The lowest BCUT2D eigenvalue weighted by atomic mass is 10.2. The first-order chi connectivity index (χ1) is 8.28. The summed E-state index contributed by atoms with van der Waals surface area (Å²) >= 11 is 0. The first kappa shape index (κ1) is 10.6. The van der Waals surface area contributed by atoms with E-state index < -0.39 is 0 Å². The van der Waals surface area contributed by atoms with Gasteiger partial charge in [-0.25, -0.2) is 4.79 Å². The van der Waals surface area contributed by atoms with Crippen LogP contribution in [0.3, 0.4) is 0 Å². The molecule has 2 aliphatic rings. The van der Waals surface area contributed by atoms with Gasteiger partial charge in [-0.15, -0.1) is 0 Å². The molecule has 0 radical (unpaired) electrons. The molecule has 17 heavy (non-hydrogen) atoms. The highest BCUT2D eigenvalue weighted by Gasteiger charge is 2.58. The summed E-state index contributed by atoms with van der Waals surface area (Å²) in [6.45, 7) is 0.355. The third-order valence-electron chi connectivity index (χ3n) is 3.97. The van der Waals surface area contributed by atoms with Gasteiger partial charge in [0.25, 0.3) is 0 Å². The van der Waals surface area contributed by atoms with Crippen molar-refractivity contribution in [3.05, 3.63) is 35.9 Å². The normalized spacial score (nSPS) is 29.5. The highest BCUT2D eigenvalue weighted by atomic mass is 16.5. The molecule has 2 fully saturated rings. The van der Waals surface area contributed by atoms with Crippen molar-refractivity contribution in [3.8, 4) is 0 Å². The Balaban J connectivity index is 1.48. The molecule has 3 heteroatoms. The van der Waals surface area contributed by atoms with Crippen LogP contribution in [-0.4, -0.2) is 11.6 Å². The third kappa shape index (κ3) is 2.14. The topological polar surface area (TPSA) is 38.3 Å². The van der Waals surface area contributed by atoms with Gasteiger partial charge in [-0.05, 0) is 30.7 Å². The largest absolute Gasteiger partial charge is 0.445 e. The first-order valence-electron chi connectivity index (χ1n) is 6.27. The number of rotatable bonds is 3. The molecule has 2 aliphatic carbocycles. The van der Waals surface area contributed by atoms with Crippen LogP contribution in [0.4, 0.5) is 4.79 Å². The summed E-state index contributed by atoms with van der Waals surface area (Å²) < 4.78 is 5.23. The van der Waals surface area contributed by atoms with Crippen LogP contribution < -0.4 is 5.32 Å². The lowest BCUT2D eigenvalue weighted by Crippen LogP contribution is -2.37. The Morgan fingerprint density at radius 3 is 2.88 bits per heavy atom. The molecule has 0 aromatic heterocycles. The quantitative estimate of drug-likeness (QED) is 0.868. The van der Waals surface area contributed by atoms with E-state index in [0.717, 1.165) is 18.4 Å². The Labute approximate surface area is 101 Å². The lowest BCUT2D eigenvalue weighted by Gasteiger charge is -2.14. The molecular formula is C14H17NO2. The number of nitrogens with one attached hydrogen (secondary N) is 1. The van der Waals surface area contributed by atoms with Gasteiger partial charge in [-0.2, -0.15) is 0 Å². The maximum absolute atomic E-state index is 11.7. The van der Waals surface area contributed by atoms with Gasteiger partial charge >= 0.3 is 6.09 Å². The van der Waals surface area contributed by atoms with Gasteiger partial charge in [0.1, 0.15) is 6.61 Å². The van der Waals surface area contributed by atoms with Gasteiger partial charge in [0.15, 0.2) is 0 Å². The van der Waals surface area contributed by atoms with Gasteiger partial charge in [0.05, 0.1) is 0 Å². The fourth-order valence-electron chi connectivity index (χ4n) is 2.91. The fourth-order valence-corrected chi connectivity index (χ4v) is 2.91. The Bertz CT molecular complexity index is 417. The number of hydrogen-bond acceptors (Lipinski definition) is 2. The van der Waals surface area contributed by atoms with Crippen LogP contribution in [0.15, 0.2) is 30.3 Å². The smallest absolute Gasteiger partial charge is 0.407 e. The molecule has 3 rings (SSSR count). The van der Waals surface area contributed by atoms with Crippen molar-refractivity contribution in [3.63, 3.8) is 0 Å². The van der Waals surface area contributed by atoms with E-state index in [-0.39, 0.29) is 11.6 Å². The highest BCUT2D eigenvalue weighted by molar-refractivity contribution is 5.69. The second kappa shape index (κ2) is 4.06. The minimum atomic E-state index is -0.266. The molecule has 90 valence electrons. The second-order valence-electron chi connectivity index (χ2n) is 5.14. The SMILES string of the molecule is O=C(NC12CCCC1C2)OCc1ccccc1. The summed E-state index contributed by atoms with van der Waals surface area (Å²) in [5.41, 5.74) is 1.13. The molecule has 1 N–H and O–H groups in total. The zero-order valence-electron chi connectivity index (χ0n) is 9.82. The minimum Gasteiger partial charge on any atom is -0.445 e. The molecule has 2 atom stereocenters. The van der Waals surface area contributed by atoms with E-state index in [1.54, 1.807) is 0 Å². The number of ether oxygens (including phenoxy) is 1. The number of carbonyl (C=O) groups is 1. The van der Waals surface area contributed by atoms with Crippen molar-refractivity contribution in [2.24, 2.45) is 5.92 Å². The standard InChI is InChI=1S/C14H17NO2/c16-13(15-14-8-4-7-12(14)9-14)17-10-11-5-2-1-3-6-11/h1-3,5-6,12H,4,7-10H2,(H,15,16). The Hall–Kier alpha value is -1.51. The summed E-state index contributed by atoms with van der Waals surface area (Å²) in [4.78, 5) is 11.7. The Morgan fingerprint density at radius 2 is 2.24 bits per heavy atom. The predicted octanol–water partition coefficient (Wildman–Crippen LogP) is 2.86. The van der Waals surface area contributed by atoms with Crippen molar-refractivity contribution in [1.29, 1.82) is 0 Å². The van der Waals surface area contributed by atoms with Crippen molar-refractivity contribution < 1.29 is 9.53 Å². The fraction of sp³-hybridized carbons (Fsp3) is 0.500. The van der Waals surface area contributed by atoms with Crippen LogP contribution in [0.2, 0.25) is 0 Å². The summed E-state index contributed by atoms with van der Waals surface area (Å²) in [6, 6.07) is 9.77. The average Bonchev–Trinajstić information content (AvgIpc) is 2.88. The molecule has 1 amide bonds. The van der Waals surface area contributed by atoms with E-state index in [9.17, 15) is 4.79 Å². The van der Waals surface area contributed by atoms with Crippen LogP contribution in [0, 0.1) is 5.92 Å². The van der Waals surface area contributed by atoms with E-state index >= 15 is 0 Å². The van der Waals surface area contributed by atoms with E-state index in [2.05, 4.69) is 5.32 Å². The molecule has 0 spiro atoms. The summed E-state index contributed by atoms with van der Waals surface area (Å²) in [7, 11) is 0. The monoisotopic (exact) mass is 231 g/mol. The number of hydrogen-bond donors (Lipinski definition) is 1. The third-order valence-corrected chi connectivity index (χ3v) is 3.97. The summed E-state index contributed by atoms with van der Waals surface area (Å²) in [6.07, 6.45) is 4.51. The van der Waals surface area contributed by atoms with Gasteiger partial charge in [0.2, 0.25) is 0 Å². The van der Waals surface area contributed by atoms with Crippen molar-refractivity contribution in [2.75, 3.05) is 0 Å². The zero-order valence-corrected chi connectivity index (χ0v) is 9.82. The number of alkyl carbamates (subject to hydrolysis) is 1. The van der Waals surface area contributed by atoms with Gasteiger partial charge in [-0.3, -0.25) is 0 Å². The predicted molar refractivity (Wildman–Crippen MR) is 64.5 cm³/mol. The van der Waals surface area contributed by atoms with Crippen LogP contribution in [-0.2, 0) is 11.3 Å². The van der Waals surface area contributed by atoms with Crippen LogP contribution in [0.25, 0.3) is 0 Å². The molecule has 1 aromatic carbocycles. The molecule has 0 heterocycles. The number of benzene rings is 1. The van der Waals surface area contributed by atoms with Crippen molar-refractivity contribution >= 4 is 6.09 Å². The lowest BCUT2D eigenvalue weighted by molar-refractivity contribution is 0.134. The second-order valence-corrected chi connectivity index (χ2v) is 5.14. The van der Waals surface area contributed by atoms with E-state index in [4.69, 9.17) is 4.74 Å². The summed E-state index contributed by atoms with van der Waals surface area (Å²) in [5, 5.41) is 3.04. The van der Waals surface area contributed by atoms with Crippen molar-refractivity contribution in [2.45, 2.75) is 37.8 Å². The Morgan fingerprint density at radius 1 is 1.41 bits per heavy atom. The van der Waals surface area contributed by atoms with E-state index in [1.165, 1.54) is 12.8 Å². The number of carbonyl (C=O) groups excluding carboxylic acids is 1. The molecule has 0 aliphatic heterocycles. The molecule has 2 unspecified atom stereocenters. The van der Waals surface area contributed by atoms with E-state index in [1.807, 2.05) is 30.3 Å². The number of fused-ring (bicyclic) bond motifs is 1. The van der Waals surface area contributed by atoms with Crippen molar-refractivity contribution in [1.82, 2.24) is 5.32 Å². The van der Waals surface area contributed by atoms with Gasteiger partial charge in [-0.1, -0.05) is 36.8 Å². The number of amides is 1. The molecular weight excluding hydrogens is 214 g/mol. The van der Waals surface area contributed by atoms with E-state index in [0.29, 0.717) is 12.5 Å². The van der Waals surface area contributed by atoms with Crippen LogP contribution >= 0.6 is 0 Å². The molecule has 0 saturated heterocycles. The zero-order chi connectivity index (χ0) is 11.7. The molecule has 3 nitrogen and oxygen atoms in total.